The first-order chi connectivity index (χ1) is 14.7. The second-order valence-corrected chi connectivity index (χ2v) is 10.2. The molecule has 7 nitrogen and oxygen atoms in total. The third kappa shape index (κ3) is 4.05. The molecule has 1 atom stereocenters. The van der Waals surface area contributed by atoms with E-state index in [0.29, 0.717) is 37.9 Å². The van der Waals surface area contributed by atoms with Gasteiger partial charge >= 0.3 is 193 Å². The van der Waals surface area contributed by atoms with E-state index in [4.69, 9.17) is 14.6 Å². The molecular weight excluding hydrogens is 571 g/mol. The molecule has 2 aliphatic rings. The molecule has 3 aromatic rings. The van der Waals surface area contributed by atoms with Gasteiger partial charge in [0.15, 0.2) is 0 Å². The molecule has 0 spiro atoms. The minimum atomic E-state index is 0.146. The number of piperidine rings is 1. The van der Waals surface area contributed by atoms with E-state index in [-0.39, 0.29) is 6.10 Å². The fraction of sp³-hybridized carbons (Fsp3) is 0.500. The summed E-state index contributed by atoms with van der Waals surface area (Å²) in [7, 11) is 0. The molecule has 154 valence electrons. The second kappa shape index (κ2) is 8.78. The van der Waals surface area contributed by atoms with Crippen molar-refractivity contribution in [2.24, 2.45) is 5.92 Å². The predicted molar refractivity (Wildman–Crippen MR) is 117 cm³/mol. The summed E-state index contributed by atoms with van der Waals surface area (Å²) in [5.41, 5.74) is 3.11. The standard InChI is InChI=1S/C22H26N5O2.Tl/c1-15-3-2-10-27(14-15)19-13-16(4-8-23-19)21-20-18(25-26-21)5-9-24-22(20)29-17-6-11-28-12-7-17;/h4-5,8-9,13,15,17H,2-3,6-7,10-12,14H2,1H3;/q-1;+1. The fourth-order valence-corrected chi connectivity index (χ4v) is 5.72. The van der Waals surface area contributed by atoms with Gasteiger partial charge in [0.1, 0.15) is 0 Å². The normalized spacial score (nSPS) is 20.5. The molecule has 2 fully saturated rings. The van der Waals surface area contributed by atoms with Gasteiger partial charge in [0.25, 0.3) is 0 Å². The van der Waals surface area contributed by atoms with Gasteiger partial charge in [-0.05, 0) is 0 Å². The van der Waals surface area contributed by atoms with Crippen LogP contribution in [0.1, 0.15) is 32.6 Å². The molecule has 0 amide bonds. The predicted octanol–water partition coefficient (Wildman–Crippen LogP) is 3.22. The molecule has 2 aliphatic heterocycles. The van der Waals surface area contributed by atoms with Crippen molar-refractivity contribution in [1.29, 1.82) is 0 Å². The Bertz CT molecular complexity index is 1030. The SMILES string of the molecule is CC1CCCN(c2cc(-c3n[n]([Tl])c4ccnc(OC5CCOCC5)c34)ccn2)C1. The summed E-state index contributed by atoms with van der Waals surface area (Å²) in [4.78, 5) is 11.7. The third-order valence-corrected chi connectivity index (χ3v) is 7.56. The van der Waals surface area contributed by atoms with Crippen LogP contribution in [0.4, 0.5) is 5.82 Å². The van der Waals surface area contributed by atoms with Crippen LogP contribution in [0.2, 0.25) is 0 Å². The zero-order chi connectivity index (χ0) is 20.5. The average molecular weight is 597 g/mol. The van der Waals surface area contributed by atoms with Crippen LogP contribution in [0.15, 0.2) is 30.6 Å². The van der Waals surface area contributed by atoms with E-state index < -0.39 is 0 Å². The molecule has 8 heteroatoms. The molecule has 0 aliphatic carbocycles. The van der Waals surface area contributed by atoms with Crippen molar-refractivity contribution in [3.05, 3.63) is 30.6 Å². The molecule has 0 radical (unpaired) electrons. The molecule has 0 aromatic carbocycles. The first kappa shape index (κ1) is 20.2. The Hall–Kier alpha value is -1.75. The van der Waals surface area contributed by atoms with Crippen molar-refractivity contribution in [1.82, 2.24) is 17.6 Å². The Morgan fingerprint density at radius 2 is 1.97 bits per heavy atom. The minimum absolute atomic E-state index is 0.146. The van der Waals surface area contributed by atoms with Crippen molar-refractivity contribution in [2.45, 2.75) is 38.7 Å². The van der Waals surface area contributed by atoms with Crippen LogP contribution >= 0.6 is 0 Å². The Morgan fingerprint density at radius 3 is 2.80 bits per heavy atom. The Labute approximate surface area is 192 Å². The second-order valence-electron chi connectivity index (χ2n) is 8.33. The summed E-state index contributed by atoms with van der Waals surface area (Å²) >= 11 is 0.564. The van der Waals surface area contributed by atoms with Gasteiger partial charge in [0.2, 0.25) is 0 Å². The molecular formula is C22H26N5O2Tl. The number of hydrogen-bond donors (Lipinski definition) is 0. The van der Waals surface area contributed by atoms with E-state index in [0.717, 1.165) is 67.1 Å². The van der Waals surface area contributed by atoms with Gasteiger partial charge in [-0.15, -0.1) is 0 Å². The van der Waals surface area contributed by atoms with Crippen LogP contribution in [0.5, 0.6) is 5.88 Å². The number of rotatable bonds is 4. The molecule has 1 unspecified atom stereocenters. The van der Waals surface area contributed by atoms with Gasteiger partial charge < -0.3 is 0 Å². The molecule has 0 bridgehead atoms. The number of ether oxygens (including phenoxy) is 2. The van der Waals surface area contributed by atoms with Gasteiger partial charge in [-0.25, -0.2) is 0 Å². The third-order valence-electron chi connectivity index (χ3n) is 6.03. The molecule has 0 N–H and O–H groups in total. The number of nitrogens with zero attached hydrogens (tertiary/aromatic N) is 5. The van der Waals surface area contributed by atoms with E-state index >= 15 is 0 Å². The zero-order valence-electron chi connectivity index (χ0n) is 17.3. The Balaban J connectivity index is 1.53. The van der Waals surface area contributed by atoms with Crippen molar-refractivity contribution in [3.63, 3.8) is 0 Å². The molecule has 30 heavy (non-hydrogen) atoms. The van der Waals surface area contributed by atoms with E-state index in [2.05, 4.69) is 36.4 Å². The van der Waals surface area contributed by atoms with Crippen LogP contribution in [-0.4, -0.2) is 76.0 Å². The molecule has 0 saturated carbocycles. The zero-order valence-corrected chi connectivity index (χ0v) is 21.8. The first-order valence-corrected chi connectivity index (χ1v) is 12.8. The van der Waals surface area contributed by atoms with Crippen molar-refractivity contribution >= 4 is 42.8 Å². The summed E-state index contributed by atoms with van der Waals surface area (Å²) in [6, 6.07) is 6.27. The van der Waals surface area contributed by atoms with Crippen LogP contribution in [0, 0.1) is 5.92 Å². The molecule has 3 aromatic heterocycles. The maximum atomic E-state index is 6.35. The first-order valence-electron chi connectivity index (χ1n) is 10.8. The van der Waals surface area contributed by atoms with Crippen LogP contribution in [0.3, 0.4) is 0 Å². The van der Waals surface area contributed by atoms with Gasteiger partial charge in [-0.1, -0.05) is 0 Å². The van der Waals surface area contributed by atoms with Gasteiger partial charge in [0.05, 0.1) is 0 Å². The van der Waals surface area contributed by atoms with Gasteiger partial charge in [-0.3, -0.25) is 0 Å². The van der Waals surface area contributed by atoms with Gasteiger partial charge in [0, 0.05) is 0 Å². The Kier molecular flexibility index (Phi) is 5.90. The maximum absolute atomic E-state index is 6.35. The molecule has 2 saturated heterocycles. The number of fused-ring (bicyclic) bond motifs is 1. The number of hydrogen-bond acceptors (Lipinski definition) is 6. The summed E-state index contributed by atoms with van der Waals surface area (Å²) in [6.07, 6.45) is 8.19. The topological polar surface area (TPSA) is 65.3 Å². The average Bonchev–Trinajstić information content (AvgIpc) is 3.12. The Morgan fingerprint density at radius 1 is 1.13 bits per heavy atom. The van der Waals surface area contributed by atoms with Crippen molar-refractivity contribution in [3.8, 4) is 17.1 Å². The van der Waals surface area contributed by atoms with Crippen LogP contribution in [0.25, 0.3) is 22.2 Å². The van der Waals surface area contributed by atoms with E-state index in [1.54, 1.807) is 0 Å². The van der Waals surface area contributed by atoms with Crippen molar-refractivity contribution < 1.29 is 9.47 Å². The van der Waals surface area contributed by atoms with Crippen molar-refractivity contribution in [2.75, 3.05) is 31.2 Å². The summed E-state index contributed by atoms with van der Waals surface area (Å²) in [5, 5.41) is 5.92. The van der Waals surface area contributed by atoms with E-state index in [1.165, 1.54) is 12.8 Å². The number of anilines is 1. The summed E-state index contributed by atoms with van der Waals surface area (Å²) in [6.45, 7) is 5.94. The quantitative estimate of drug-likeness (QED) is 0.431. The van der Waals surface area contributed by atoms with E-state index in [9.17, 15) is 0 Å². The van der Waals surface area contributed by atoms with Crippen LogP contribution in [-0.2, 0) is 4.74 Å². The fourth-order valence-electron chi connectivity index (χ4n) is 4.44. The van der Waals surface area contributed by atoms with E-state index in [1.807, 2.05) is 18.5 Å². The van der Waals surface area contributed by atoms with Gasteiger partial charge in [-0.2, -0.15) is 0 Å². The number of pyridine rings is 2. The molecule has 5 heterocycles. The summed E-state index contributed by atoms with van der Waals surface area (Å²) in [5.74, 6) is 2.43. The monoisotopic (exact) mass is 597 g/mol. The summed E-state index contributed by atoms with van der Waals surface area (Å²) < 4.78 is 13.9. The number of aromatic nitrogens is 4. The molecule has 5 rings (SSSR count). The van der Waals surface area contributed by atoms with Crippen LogP contribution < -0.4 is 9.64 Å².